The van der Waals surface area contributed by atoms with Crippen LogP contribution in [0.25, 0.3) is 0 Å². The fourth-order valence-corrected chi connectivity index (χ4v) is 3.25. The van der Waals surface area contributed by atoms with E-state index in [-0.39, 0.29) is 24.1 Å². The number of amides is 2. The fourth-order valence-electron chi connectivity index (χ4n) is 2.22. The average Bonchev–Trinajstić information content (AvgIpc) is 3.12. The first-order valence-corrected chi connectivity index (χ1v) is 9.73. The van der Waals surface area contributed by atoms with Crippen molar-refractivity contribution in [3.8, 4) is 0 Å². The molecule has 1 aromatic carbocycles. The van der Waals surface area contributed by atoms with Gasteiger partial charge in [0.1, 0.15) is 5.69 Å². The number of nitrogens with one attached hydrogen (secondary N) is 2. The largest absolute Gasteiger partial charge is 0.346 e. The Balaban J connectivity index is 1.52. The standard InChI is InChI=1S/C18H15Cl2N5O2S/c1-10-21-7-13(28-10)8-25-18(27)16-9-22-12(5-23-16)6-24-17(26)11-2-3-14(19)15(20)4-11/h2-5,7,9H,6,8H2,1H3,(H,24,26)(H,25,27). The molecule has 0 unspecified atom stereocenters. The van der Waals surface area contributed by atoms with Gasteiger partial charge in [0, 0.05) is 16.6 Å². The third kappa shape index (κ3) is 5.25. The van der Waals surface area contributed by atoms with Crippen LogP contribution in [0, 0.1) is 6.92 Å². The second kappa shape index (κ2) is 9.09. The number of hydrogen-bond donors (Lipinski definition) is 2. The zero-order valence-corrected chi connectivity index (χ0v) is 17.0. The van der Waals surface area contributed by atoms with Crippen LogP contribution >= 0.6 is 34.5 Å². The summed E-state index contributed by atoms with van der Waals surface area (Å²) < 4.78 is 0. The van der Waals surface area contributed by atoms with Crippen molar-refractivity contribution < 1.29 is 9.59 Å². The van der Waals surface area contributed by atoms with Crippen LogP contribution in [0.4, 0.5) is 0 Å². The molecule has 10 heteroatoms. The Labute approximate surface area is 175 Å². The summed E-state index contributed by atoms with van der Waals surface area (Å²) in [5.41, 5.74) is 1.10. The maximum absolute atomic E-state index is 12.1. The van der Waals surface area contributed by atoms with Gasteiger partial charge in [0.25, 0.3) is 11.8 Å². The maximum atomic E-state index is 12.1. The van der Waals surface area contributed by atoms with Crippen LogP contribution in [-0.4, -0.2) is 26.8 Å². The number of hydrogen-bond acceptors (Lipinski definition) is 6. The van der Waals surface area contributed by atoms with Gasteiger partial charge in [0.2, 0.25) is 0 Å². The number of rotatable bonds is 6. The molecule has 0 aliphatic heterocycles. The van der Waals surface area contributed by atoms with E-state index in [1.807, 2.05) is 6.92 Å². The molecule has 3 rings (SSSR count). The van der Waals surface area contributed by atoms with Gasteiger partial charge in [-0.3, -0.25) is 14.6 Å². The second-order valence-electron chi connectivity index (χ2n) is 5.73. The summed E-state index contributed by atoms with van der Waals surface area (Å²) in [6.45, 7) is 2.45. The molecule has 2 amide bonds. The van der Waals surface area contributed by atoms with Gasteiger partial charge >= 0.3 is 0 Å². The van der Waals surface area contributed by atoms with Crippen molar-refractivity contribution in [2.75, 3.05) is 0 Å². The quantitative estimate of drug-likeness (QED) is 0.618. The molecule has 3 aromatic rings. The number of thiazole rings is 1. The van der Waals surface area contributed by atoms with Gasteiger partial charge < -0.3 is 10.6 Å². The van der Waals surface area contributed by atoms with Crippen LogP contribution in [0.5, 0.6) is 0 Å². The second-order valence-corrected chi connectivity index (χ2v) is 7.87. The number of halogens is 2. The van der Waals surface area contributed by atoms with E-state index in [1.54, 1.807) is 18.3 Å². The van der Waals surface area contributed by atoms with E-state index in [1.165, 1.54) is 29.8 Å². The summed E-state index contributed by atoms with van der Waals surface area (Å²) in [5.74, 6) is -0.646. The van der Waals surface area contributed by atoms with E-state index in [0.717, 1.165) is 9.88 Å². The number of aromatic nitrogens is 3. The van der Waals surface area contributed by atoms with E-state index in [4.69, 9.17) is 23.2 Å². The molecule has 2 N–H and O–H groups in total. The van der Waals surface area contributed by atoms with Gasteiger partial charge in [-0.15, -0.1) is 11.3 Å². The predicted octanol–water partition coefficient (Wildman–Crippen LogP) is 3.41. The van der Waals surface area contributed by atoms with Crippen LogP contribution in [-0.2, 0) is 13.1 Å². The topological polar surface area (TPSA) is 96.9 Å². The molecule has 0 saturated carbocycles. The van der Waals surface area contributed by atoms with Gasteiger partial charge in [0.05, 0.1) is 46.2 Å². The monoisotopic (exact) mass is 435 g/mol. The van der Waals surface area contributed by atoms with E-state index in [2.05, 4.69) is 25.6 Å². The van der Waals surface area contributed by atoms with Crippen LogP contribution in [0.3, 0.4) is 0 Å². The van der Waals surface area contributed by atoms with Gasteiger partial charge in [0.15, 0.2) is 0 Å². The lowest BCUT2D eigenvalue weighted by molar-refractivity contribution is 0.0938. The fraction of sp³-hybridized carbons (Fsp3) is 0.167. The number of carbonyl (C=O) groups is 2. The van der Waals surface area contributed by atoms with E-state index in [9.17, 15) is 9.59 Å². The van der Waals surface area contributed by atoms with Gasteiger partial charge in [-0.2, -0.15) is 0 Å². The van der Waals surface area contributed by atoms with E-state index in [0.29, 0.717) is 27.8 Å². The van der Waals surface area contributed by atoms with Crippen molar-refractivity contribution in [1.29, 1.82) is 0 Å². The first kappa shape index (κ1) is 20.2. The number of nitrogens with zero attached hydrogens (tertiary/aromatic N) is 3. The molecule has 0 radical (unpaired) electrons. The summed E-state index contributed by atoms with van der Waals surface area (Å²) in [6, 6.07) is 4.62. The smallest absolute Gasteiger partial charge is 0.271 e. The molecule has 0 fully saturated rings. The number of aryl methyl sites for hydroxylation is 1. The predicted molar refractivity (Wildman–Crippen MR) is 108 cm³/mol. The first-order chi connectivity index (χ1) is 13.4. The third-order valence-electron chi connectivity index (χ3n) is 3.64. The molecule has 0 spiro atoms. The van der Waals surface area contributed by atoms with Crippen molar-refractivity contribution >= 4 is 46.4 Å². The van der Waals surface area contributed by atoms with Crippen molar-refractivity contribution in [3.05, 3.63) is 73.7 Å². The maximum Gasteiger partial charge on any atom is 0.271 e. The van der Waals surface area contributed by atoms with Gasteiger partial charge in [-0.25, -0.2) is 9.97 Å². The Morgan fingerprint density at radius 1 is 0.964 bits per heavy atom. The highest BCUT2D eigenvalue weighted by atomic mass is 35.5. The number of benzene rings is 1. The molecule has 2 aromatic heterocycles. The summed E-state index contributed by atoms with van der Waals surface area (Å²) in [4.78, 5) is 37.6. The van der Waals surface area contributed by atoms with Crippen LogP contribution in [0.15, 0.2) is 36.8 Å². The average molecular weight is 436 g/mol. The highest BCUT2D eigenvalue weighted by molar-refractivity contribution is 7.11. The molecule has 7 nitrogen and oxygen atoms in total. The SMILES string of the molecule is Cc1ncc(CNC(=O)c2cnc(CNC(=O)c3ccc(Cl)c(Cl)c3)cn2)s1. The Bertz CT molecular complexity index is 1010. The molecule has 0 aliphatic carbocycles. The molecular weight excluding hydrogens is 421 g/mol. The Morgan fingerprint density at radius 3 is 2.39 bits per heavy atom. The minimum absolute atomic E-state index is 0.161. The lowest BCUT2D eigenvalue weighted by Gasteiger charge is -2.07. The molecule has 0 bridgehead atoms. The van der Waals surface area contributed by atoms with Crippen molar-refractivity contribution in [2.45, 2.75) is 20.0 Å². The lowest BCUT2D eigenvalue weighted by atomic mass is 10.2. The number of carbonyl (C=O) groups excluding carboxylic acids is 2. The molecular formula is C18H15Cl2N5O2S. The normalized spacial score (nSPS) is 10.5. The van der Waals surface area contributed by atoms with Crippen molar-refractivity contribution in [3.63, 3.8) is 0 Å². The molecule has 28 heavy (non-hydrogen) atoms. The van der Waals surface area contributed by atoms with E-state index >= 15 is 0 Å². The summed E-state index contributed by atoms with van der Waals surface area (Å²) in [5, 5.41) is 7.10. The highest BCUT2D eigenvalue weighted by Gasteiger charge is 2.11. The van der Waals surface area contributed by atoms with Crippen LogP contribution in [0.2, 0.25) is 10.0 Å². The molecule has 0 saturated heterocycles. The minimum atomic E-state index is -0.329. The first-order valence-electron chi connectivity index (χ1n) is 8.16. The van der Waals surface area contributed by atoms with E-state index < -0.39 is 0 Å². The van der Waals surface area contributed by atoms with Gasteiger partial charge in [-0.1, -0.05) is 23.2 Å². The molecule has 0 atom stereocenters. The minimum Gasteiger partial charge on any atom is -0.346 e. The lowest BCUT2D eigenvalue weighted by Crippen LogP contribution is -2.25. The van der Waals surface area contributed by atoms with Crippen molar-refractivity contribution in [1.82, 2.24) is 25.6 Å². The molecule has 2 heterocycles. The van der Waals surface area contributed by atoms with Crippen LogP contribution < -0.4 is 10.6 Å². The summed E-state index contributed by atoms with van der Waals surface area (Å²) >= 11 is 13.3. The van der Waals surface area contributed by atoms with Gasteiger partial charge in [-0.05, 0) is 25.1 Å². The Hall–Kier alpha value is -2.55. The third-order valence-corrected chi connectivity index (χ3v) is 5.29. The molecule has 0 aliphatic rings. The Morgan fingerprint density at radius 2 is 1.75 bits per heavy atom. The van der Waals surface area contributed by atoms with Crippen molar-refractivity contribution in [2.24, 2.45) is 0 Å². The van der Waals surface area contributed by atoms with Crippen LogP contribution in [0.1, 0.15) is 36.4 Å². The molecule has 144 valence electrons. The highest BCUT2D eigenvalue weighted by Crippen LogP contribution is 2.22. The summed E-state index contributed by atoms with van der Waals surface area (Å²) in [7, 11) is 0. The zero-order valence-electron chi connectivity index (χ0n) is 14.7. The summed E-state index contributed by atoms with van der Waals surface area (Å²) in [6.07, 6.45) is 4.54. The zero-order chi connectivity index (χ0) is 20.1. The Kier molecular flexibility index (Phi) is 6.56.